The van der Waals surface area contributed by atoms with Gasteiger partial charge in [0, 0.05) is 11.1 Å². The lowest BCUT2D eigenvalue weighted by molar-refractivity contribution is 0.0998. The molecule has 0 saturated heterocycles. The number of rotatable bonds is 2. The third kappa shape index (κ3) is 3.14. The summed E-state index contributed by atoms with van der Waals surface area (Å²) in [7, 11) is 0. The van der Waals surface area contributed by atoms with Crippen LogP contribution in [-0.4, -0.2) is 5.91 Å². The number of aryl methyl sites for hydroxylation is 1. The first kappa shape index (κ1) is 15.3. The first-order valence-electron chi connectivity index (χ1n) is 7.76. The number of furan rings is 1. The topological polar surface area (TPSA) is 42.2 Å². The fourth-order valence-electron chi connectivity index (χ4n) is 2.68. The molecular formula is C20H21NO2. The molecule has 2 aromatic carbocycles. The monoisotopic (exact) mass is 307 g/mol. The average molecular weight is 307 g/mol. The van der Waals surface area contributed by atoms with E-state index in [1.807, 2.05) is 49.4 Å². The molecule has 23 heavy (non-hydrogen) atoms. The van der Waals surface area contributed by atoms with E-state index < -0.39 is 0 Å². The molecule has 1 N–H and O–H groups in total. The lowest BCUT2D eigenvalue weighted by Gasteiger charge is -2.22. The summed E-state index contributed by atoms with van der Waals surface area (Å²) in [6.45, 7) is 8.38. The van der Waals surface area contributed by atoms with Gasteiger partial charge in [0.25, 0.3) is 5.91 Å². The van der Waals surface area contributed by atoms with Crippen molar-refractivity contribution in [3.63, 3.8) is 0 Å². The Kier molecular flexibility index (Phi) is 3.72. The third-order valence-corrected chi connectivity index (χ3v) is 3.88. The standard InChI is InChI=1S/C20H21NO2/c1-13-9-10-14-12-18(23-17(14)11-13)19(22)21-16-8-6-5-7-15(16)20(2,3)4/h5-12H,1-4H3,(H,21,22). The Morgan fingerprint density at radius 3 is 2.52 bits per heavy atom. The lowest BCUT2D eigenvalue weighted by atomic mass is 9.86. The molecule has 3 nitrogen and oxygen atoms in total. The molecule has 1 heterocycles. The van der Waals surface area contributed by atoms with Gasteiger partial charge in [-0.1, -0.05) is 51.1 Å². The minimum Gasteiger partial charge on any atom is -0.451 e. The maximum Gasteiger partial charge on any atom is 0.291 e. The highest BCUT2D eigenvalue weighted by Crippen LogP contribution is 2.30. The number of carbonyl (C=O) groups is 1. The molecule has 1 amide bonds. The lowest BCUT2D eigenvalue weighted by Crippen LogP contribution is -2.18. The molecule has 0 fully saturated rings. The first-order valence-corrected chi connectivity index (χ1v) is 7.76. The molecule has 0 aliphatic carbocycles. The van der Waals surface area contributed by atoms with Crippen molar-refractivity contribution in [1.29, 1.82) is 0 Å². The molecule has 0 saturated carbocycles. The fourth-order valence-corrected chi connectivity index (χ4v) is 2.68. The van der Waals surface area contributed by atoms with E-state index in [1.54, 1.807) is 6.07 Å². The van der Waals surface area contributed by atoms with Gasteiger partial charge in [-0.2, -0.15) is 0 Å². The van der Waals surface area contributed by atoms with Crippen LogP contribution in [0.15, 0.2) is 52.9 Å². The molecule has 118 valence electrons. The number of nitrogens with one attached hydrogen (secondary N) is 1. The molecule has 3 aromatic rings. The van der Waals surface area contributed by atoms with Gasteiger partial charge < -0.3 is 9.73 Å². The molecule has 0 aliphatic rings. The van der Waals surface area contributed by atoms with Crippen LogP contribution in [0.4, 0.5) is 5.69 Å². The quantitative estimate of drug-likeness (QED) is 0.699. The summed E-state index contributed by atoms with van der Waals surface area (Å²) < 4.78 is 5.70. The Balaban J connectivity index is 1.92. The third-order valence-electron chi connectivity index (χ3n) is 3.88. The van der Waals surface area contributed by atoms with Crippen LogP contribution in [0, 0.1) is 6.92 Å². The summed E-state index contributed by atoms with van der Waals surface area (Å²) in [5.41, 5.74) is 3.72. The van der Waals surface area contributed by atoms with E-state index >= 15 is 0 Å². The van der Waals surface area contributed by atoms with Gasteiger partial charge in [0.1, 0.15) is 5.58 Å². The molecule has 1 aromatic heterocycles. The Labute approximate surface area is 136 Å². The van der Waals surface area contributed by atoms with Crippen molar-refractivity contribution in [3.05, 3.63) is 65.4 Å². The van der Waals surface area contributed by atoms with E-state index in [0.717, 1.165) is 27.8 Å². The van der Waals surface area contributed by atoms with Gasteiger partial charge in [0.2, 0.25) is 0 Å². The fraction of sp³-hybridized carbons (Fsp3) is 0.250. The molecule has 0 unspecified atom stereocenters. The van der Waals surface area contributed by atoms with Crippen LogP contribution >= 0.6 is 0 Å². The molecule has 0 bridgehead atoms. The van der Waals surface area contributed by atoms with Gasteiger partial charge in [0.05, 0.1) is 0 Å². The number of benzene rings is 2. The highest BCUT2D eigenvalue weighted by atomic mass is 16.3. The largest absolute Gasteiger partial charge is 0.451 e. The second kappa shape index (κ2) is 5.58. The Morgan fingerprint density at radius 1 is 1.04 bits per heavy atom. The summed E-state index contributed by atoms with van der Waals surface area (Å²) in [6.07, 6.45) is 0. The van der Waals surface area contributed by atoms with Gasteiger partial charge >= 0.3 is 0 Å². The number of para-hydroxylation sites is 1. The van der Waals surface area contributed by atoms with Crippen LogP contribution in [0.5, 0.6) is 0 Å². The Bertz CT molecular complexity index is 869. The SMILES string of the molecule is Cc1ccc2cc(C(=O)Nc3ccccc3C(C)(C)C)oc2c1. The zero-order chi connectivity index (χ0) is 16.6. The Morgan fingerprint density at radius 2 is 1.78 bits per heavy atom. The zero-order valence-corrected chi connectivity index (χ0v) is 13.9. The number of hydrogen-bond donors (Lipinski definition) is 1. The predicted molar refractivity (Wildman–Crippen MR) is 94.0 cm³/mol. The van der Waals surface area contributed by atoms with E-state index in [2.05, 4.69) is 26.1 Å². The average Bonchev–Trinajstić information content (AvgIpc) is 2.89. The van der Waals surface area contributed by atoms with E-state index in [9.17, 15) is 4.79 Å². The number of carbonyl (C=O) groups excluding carboxylic acids is 1. The normalized spacial score (nSPS) is 11.7. The summed E-state index contributed by atoms with van der Waals surface area (Å²) in [6, 6.07) is 15.6. The maximum atomic E-state index is 12.5. The highest BCUT2D eigenvalue weighted by molar-refractivity contribution is 6.05. The van der Waals surface area contributed by atoms with E-state index in [1.165, 1.54) is 0 Å². The van der Waals surface area contributed by atoms with Crippen LogP contribution < -0.4 is 5.32 Å². The van der Waals surface area contributed by atoms with Crippen LogP contribution in [0.1, 0.15) is 42.5 Å². The minimum atomic E-state index is -0.226. The minimum absolute atomic E-state index is 0.0468. The zero-order valence-electron chi connectivity index (χ0n) is 13.9. The van der Waals surface area contributed by atoms with Crippen molar-refractivity contribution in [2.45, 2.75) is 33.1 Å². The molecule has 0 aliphatic heterocycles. The number of amides is 1. The summed E-state index contributed by atoms with van der Waals surface area (Å²) in [5.74, 6) is 0.102. The summed E-state index contributed by atoms with van der Waals surface area (Å²) >= 11 is 0. The van der Waals surface area contributed by atoms with E-state index in [0.29, 0.717) is 5.76 Å². The number of fused-ring (bicyclic) bond motifs is 1. The number of hydrogen-bond acceptors (Lipinski definition) is 2. The molecule has 3 rings (SSSR count). The van der Waals surface area contributed by atoms with Gasteiger partial charge in [0.15, 0.2) is 5.76 Å². The second-order valence-electron chi connectivity index (χ2n) is 6.90. The summed E-state index contributed by atoms with van der Waals surface area (Å²) in [5, 5.41) is 3.91. The molecule has 3 heteroatoms. The van der Waals surface area contributed by atoms with Gasteiger partial charge in [-0.25, -0.2) is 0 Å². The van der Waals surface area contributed by atoms with Crippen LogP contribution in [0.3, 0.4) is 0 Å². The van der Waals surface area contributed by atoms with Crippen molar-refractivity contribution >= 4 is 22.6 Å². The molecule has 0 atom stereocenters. The van der Waals surface area contributed by atoms with Crippen LogP contribution in [0.25, 0.3) is 11.0 Å². The van der Waals surface area contributed by atoms with E-state index in [4.69, 9.17) is 4.42 Å². The number of anilines is 1. The predicted octanol–water partition coefficient (Wildman–Crippen LogP) is 5.29. The van der Waals surface area contributed by atoms with Gasteiger partial charge in [-0.3, -0.25) is 4.79 Å². The summed E-state index contributed by atoms with van der Waals surface area (Å²) in [4.78, 5) is 12.5. The van der Waals surface area contributed by atoms with Crippen LogP contribution in [-0.2, 0) is 5.41 Å². The van der Waals surface area contributed by atoms with E-state index in [-0.39, 0.29) is 11.3 Å². The maximum absolute atomic E-state index is 12.5. The first-order chi connectivity index (χ1) is 10.8. The van der Waals surface area contributed by atoms with Gasteiger partial charge in [-0.05, 0) is 41.7 Å². The van der Waals surface area contributed by atoms with Crippen molar-refractivity contribution in [3.8, 4) is 0 Å². The van der Waals surface area contributed by atoms with Gasteiger partial charge in [-0.15, -0.1) is 0 Å². The highest BCUT2D eigenvalue weighted by Gasteiger charge is 2.20. The van der Waals surface area contributed by atoms with Crippen LogP contribution in [0.2, 0.25) is 0 Å². The van der Waals surface area contributed by atoms with Crippen molar-refractivity contribution in [1.82, 2.24) is 0 Å². The van der Waals surface area contributed by atoms with Crippen molar-refractivity contribution < 1.29 is 9.21 Å². The van der Waals surface area contributed by atoms with Crippen molar-refractivity contribution in [2.24, 2.45) is 0 Å². The smallest absolute Gasteiger partial charge is 0.291 e. The molecule has 0 radical (unpaired) electrons. The van der Waals surface area contributed by atoms with Crippen molar-refractivity contribution in [2.75, 3.05) is 5.32 Å². The molecular weight excluding hydrogens is 286 g/mol. The second-order valence-corrected chi connectivity index (χ2v) is 6.90. The molecule has 0 spiro atoms. The Hall–Kier alpha value is -2.55.